The molecule has 4 heteroatoms. The molecule has 0 aromatic heterocycles. The highest BCUT2D eigenvalue weighted by atomic mass is 32.2. The van der Waals surface area contributed by atoms with Crippen LogP contribution in [0.5, 0.6) is 0 Å². The summed E-state index contributed by atoms with van der Waals surface area (Å²) in [6, 6.07) is 18.5. The lowest BCUT2D eigenvalue weighted by molar-refractivity contribution is 0.396. The second-order valence-corrected chi connectivity index (χ2v) is 6.89. The van der Waals surface area contributed by atoms with Crippen LogP contribution in [0.25, 0.3) is 0 Å². The molecule has 3 nitrogen and oxygen atoms in total. The Labute approximate surface area is 119 Å². The molecule has 1 aliphatic heterocycles. The van der Waals surface area contributed by atoms with Gasteiger partial charge >= 0.3 is 0 Å². The van der Waals surface area contributed by atoms with Gasteiger partial charge in [-0.15, -0.1) is 0 Å². The molecule has 0 spiro atoms. The third kappa shape index (κ3) is 2.37. The van der Waals surface area contributed by atoms with E-state index in [1.54, 1.807) is 28.6 Å². The van der Waals surface area contributed by atoms with Gasteiger partial charge in [-0.25, -0.2) is 8.42 Å². The van der Waals surface area contributed by atoms with E-state index in [0.717, 1.165) is 18.4 Å². The molecule has 1 atom stereocenters. The summed E-state index contributed by atoms with van der Waals surface area (Å²) in [6.45, 7) is 0.594. The molecule has 20 heavy (non-hydrogen) atoms. The number of rotatable bonds is 3. The van der Waals surface area contributed by atoms with Crippen molar-refractivity contribution < 1.29 is 8.42 Å². The SMILES string of the molecule is O=S(=O)(c1ccccc1)N1CCC[C@@H]1c1ccccc1. The first-order valence-electron chi connectivity index (χ1n) is 6.81. The highest BCUT2D eigenvalue weighted by Crippen LogP contribution is 2.36. The fourth-order valence-electron chi connectivity index (χ4n) is 2.76. The fourth-order valence-corrected chi connectivity index (χ4v) is 4.47. The summed E-state index contributed by atoms with van der Waals surface area (Å²) < 4.78 is 27.1. The summed E-state index contributed by atoms with van der Waals surface area (Å²) in [6.07, 6.45) is 1.79. The zero-order valence-corrected chi connectivity index (χ0v) is 12.0. The third-order valence-electron chi connectivity index (χ3n) is 3.74. The first kappa shape index (κ1) is 13.3. The molecule has 0 N–H and O–H groups in total. The number of nitrogens with zero attached hydrogens (tertiary/aromatic N) is 1. The van der Waals surface area contributed by atoms with E-state index in [1.807, 2.05) is 36.4 Å². The van der Waals surface area contributed by atoms with E-state index < -0.39 is 10.0 Å². The van der Waals surface area contributed by atoms with E-state index in [9.17, 15) is 8.42 Å². The van der Waals surface area contributed by atoms with Crippen molar-refractivity contribution in [1.29, 1.82) is 0 Å². The highest BCUT2D eigenvalue weighted by Gasteiger charge is 2.35. The maximum atomic E-state index is 12.7. The molecule has 0 unspecified atom stereocenters. The van der Waals surface area contributed by atoms with Crippen LogP contribution in [0.3, 0.4) is 0 Å². The van der Waals surface area contributed by atoms with Gasteiger partial charge in [0, 0.05) is 6.54 Å². The summed E-state index contributed by atoms with van der Waals surface area (Å²) in [5, 5.41) is 0. The maximum Gasteiger partial charge on any atom is 0.243 e. The first-order valence-corrected chi connectivity index (χ1v) is 8.25. The van der Waals surface area contributed by atoms with Gasteiger partial charge < -0.3 is 0 Å². The molecule has 0 aliphatic carbocycles. The Balaban J connectivity index is 1.97. The minimum Gasteiger partial charge on any atom is -0.207 e. The summed E-state index contributed by atoms with van der Waals surface area (Å²) in [5.74, 6) is 0. The minimum absolute atomic E-state index is 0.0404. The van der Waals surface area contributed by atoms with E-state index in [0.29, 0.717) is 11.4 Å². The van der Waals surface area contributed by atoms with Crippen molar-refractivity contribution in [2.45, 2.75) is 23.8 Å². The Hall–Kier alpha value is -1.65. The molecular weight excluding hydrogens is 270 g/mol. The van der Waals surface area contributed by atoms with Crippen LogP contribution in [0.2, 0.25) is 0 Å². The summed E-state index contributed by atoms with van der Waals surface area (Å²) >= 11 is 0. The molecule has 0 amide bonds. The van der Waals surface area contributed by atoms with Gasteiger partial charge in [0.25, 0.3) is 0 Å². The quantitative estimate of drug-likeness (QED) is 0.869. The van der Waals surface area contributed by atoms with Gasteiger partial charge in [-0.1, -0.05) is 48.5 Å². The molecule has 1 saturated heterocycles. The molecule has 0 saturated carbocycles. The van der Waals surface area contributed by atoms with Crippen molar-refractivity contribution in [3.05, 3.63) is 66.2 Å². The van der Waals surface area contributed by atoms with Crippen LogP contribution in [0.1, 0.15) is 24.4 Å². The summed E-state index contributed by atoms with van der Waals surface area (Å²) in [5.41, 5.74) is 1.07. The van der Waals surface area contributed by atoms with Crippen LogP contribution in [0.15, 0.2) is 65.6 Å². The molecule has 2 aromatic carbocycles. The van der Waals surface area contributed by atoms with Crippen molar-refractivity contribution >= 4 is 10.0 Å². The zero-order chi connectivity index (χ0) is 14.0. The van der Waals surface area contributed by atoms with Gasteiger partial charge in [-0.2, -0.15) is 4.31 Å². The van der Waals surface area contributed by atoms with Crippen LogP contribution < -0.4 is 0 Å². The lowest BCUT2D eigenvalue weighted by Gasteiger charge is -2.24. The standard InChI is InChI=1S/C16H17NO2S/c18-20(19,15-10-5-2-6-11-15)17-13-7-12-16(17)14-8-3-1-4-9-14/h1-6,8-11,16H,7,12-13H2/t16-/m1/s1. The lowest BCUT2D eigenvalue weighted by atomic mass is 10.1. The van der Waals surface area contributed by atoms with E-state index in [-0.39, 0.29) is 6.04 Å². The fraction of sp³-hybridized carbons (Fsp3) is 0.250. The Morgan fingerprint density at radius 3 is 2.15 bits per heavy atom. The lowest BCUT2D eigenvalue weighted by Crippen LogP contribution is -2.30. The maximum absolute atomic E-state index is 12.7. The van der Waals surface area contributed by atoms with E-state index in [4.69, 9.17) is 0 Å². The Kier molecular flexibility index (Phi) is 3.59. The van der Waals surface area contributed by atoms with Crippen LogP contribution in [0, 0.1) is 0 Å². The number of benzene rings is 2. The van der Waals surface area contributed by atoms with Crippen molar-refractivity contribution in [3.63, 3.8) is 0 Å². The topological polar surface area (TPSA) is 37.4 Å². The van der Waals surface area contributed by atoms with Crippen LogP contribution in [-0.2, 0) is 10.0 Å². The molecule has 2 aromatic rings. The number of hydrogen-bond acceptors (Lipinski definition) is 2. The van der Waals surface area contributed by atoms with Gasteiger partial charge in [0.2, 0.25) is 10.0 Å². The Bertz CT molecular complexity index is 668. The van der Waals surface area contributed by atoms with Crippen molar-refractivity contribution in [2.75, 3.05) is 6.54 Å². The third-order valence-corrected chi connectivity index (χ3v) is 5.66. The van der Waals surface area contributed by atoms with Gasteiger partial charge in [0.05, 0.1) is 10.9 Å². The van der Waals surface area contributed by atoms with E-state index >= 15 is 0 Å². The Morgan fingerprint density at radius 2 is 1.50 bits per heavy atom. The number of hydrogen-bond donors (Lipinski definition) is 0. The zero-order valence-electron chi connectivity index (χ0n) is 11.1. The molecule has 3 rings (SSSR count). The van der Waals surface area contributed by atoms with Crippen molar-refractivity contribution in [2.24, 2.45) is 0 Å². The van der Waals surface area contributed by atoms with Crippen LogP contribution in [-0.4, -0.2) is 19.3 Å². The molecule has 104 valence electrons. The van der Waals surface area contributed by atoms with Crippen molar-refractivity contribution in [3.8, 4) is 0 Å². The van der Waals surface area contributed by atoms with E-state index in [2.05, 4.69) is 0 Å². The molecule has 0 bridgehead atoms. The number of sulfonamides is 1. The average Bonchev–Trinajstić information content (AvgIpc) is 2.99. The van der Waals surface area contributed by atoms with Gasteiger partial charge in [0.1, 0.15) is 0 Å². The van der Waals surface area contributed by atoms with Gasteiger partial charge in [-0.3, -0.25) is 0 Å². The average molecular weight is 287 g/mol. The molecule has 1 heterocycles. The van der Waals surface area contributed by atoms with Gasteiger partial charge in [0.15, 0.2) is 0 Å². The molecule has 1 fully saturated rings. The van der Waals surface area contributed by atoms with Crippen LogP contribution in [0.4, 0.5) is 0 Å². The largest absolute Gasteiger partial charge is 0.243 e. The molecule has 0 radical (unpaired) electrons. The predicted octanol–water partition coefficient (Wildman–Crippen LogP) is 3.21. The summed E-state index contributed by atoms with van der Waals surface area (Å²) in [4.78, 5) is 0.378. The monoisotopic (exact) mass is 287 g/mol. The summed E-state index contributed by atoms with van der Waals surface area (Å²) in [7, 11) is -3.40. The van der Waals surface area contributed by atoms with E-state index in [1.165, 1.54) is 0 Å². The van der Waals surface area contributed by atoms with Gasteiger partial charge in [-0.05, 0) is 30.5 Å². The Morgan fingerprint density at radius 1 is 0.900 bits per heavy atom. The smallest absolute Gasteiger partial charge is 0.207 e. The second-order valence-electron chi connectivity index (χ2n) is 5.00. The first-order chi connectivity index (χ1) is 9.69. The van der Waals surface area contributed by atoms with Crippen molar-refractivity contribution in [1.82, 2.24) is 4.31 Å². The predicted molar refractivity (Wildman–Crippen MR) is 78.8 cm³/mol. The second kappa shape index (κ2) is 5.38. The minimum atomic E-state index is -3.40. The molecule has 1 aliphatic rings. The normalized spacial score (nSPS) is 20.1. The highest BCUT2D eigenvalue weighted by molar-refractivity contribution is 7.89. The molecular formula is C16H17NO2S. The van der Waals surface area contributed by atoms with Crippen LogP contribution >= 0.6 is 0 Å².